The van der Waals surface area contributed by atoms with Crippen LogP contribution < -0.4 is 15.0 Å². The molecule has 1 N–H and O–H groups in total. The number of nitrogens with one attached hydrogen (secondary N) is 1. The Morgan fingerprint density at radius 1 is 0.971 bits per heavy atom. The standard InChI is InChI=1S/C27H35N3O4/c1-6-33-17-7-16-30-26(31)24(20-8-14-23(15-9-20)34-18-19(2)3)25(27(30)32)28-21-10-12-22(13-11-21)29(4)5/h8-15,19,28H,6-7,16-18H2,1-5H3. The normalized spacial score (nSPS) is 13.8. The number of hydrogen-bond acceptors (Lipinski definition) is 6. The predicted molar refractivity (Wildman–Crippen MR) is 136 cm³/mol. The summed E-state index contributed by atoms with van der Waals surface area (Å²) in [6.45, 7) is 8.12. The van der Waals surface area contributed by atoms with Crippen molar-refractivity contribution in [1.29, 1.82) is 0 Å². The van der Waals surface area contributed by atoms with E-state index in [2.05, 4.69) is 19.2 Å². The van der Waals surface area contributed by atoms with Crippen molar-refractivity contribution in [1.82, 2.24) is 4.90 Å². The van der Waals surface area contributed by atoms with Crippen LogP contribution >= 0.6 is 0 Å². The Morgan fingerprint density at radius 3 is 2.24 bits per heavy atom. The van der Waals surface area contributed by atoms with Gasteiger partial charge in [0.05, 0.1) is 12.2 Å². The van der Waals surface area contributed by atoms with Crippen LogP contribution in [0.3, 0.4) is 0 Å². The first-order valence-electron chi connectivity index (χ1n) is 11.8. The van der Waals surface area contributed by atoms with Gasteiger partial charge in [0.25, 0.3) is 11.8 Å². The number of nitrogens with zero attached hydrogens (tertiary/aromatic N) is 2. The topological polar surface area (TPSA) is 71.1 Å². The van der Waals surface area contributed by atoms with E-state index in [9.17, 15) is 9.59 Å². The highest BCUT2D eigenvalue weighted by atomic mass is 16.5. The average molecular weight is 466 g/mol. The molecule has 34 heavy (non-hydrogen) atoms. The summed E-state index contributed by atoms with van der Waals surface area (Å²) < 4.78 is 11.2. The van der Waals surface area contributed by atoms with E-state index < -0.39 is 0 Å². The van der Waals surface area contributed by atoms with E-state index in [1.54, 1.807) is 0 Å². The fraction of sp³-hybridized carbons (Fsp3) is 0.407. The molecule has 0 fully saturated rings. The largest absolute Gasteiger partial charge is 0.493 e. The Kier molecular flexibility index (Phi) is 8.71. The SMILES string of the molecule is CCOCCCN1C(=O)C(Nc2ccc(N(C)C)cc2)=C(c2ccc(OCC(C)C)cc2)C1=O. The molecule has 0 saturated carbocycles. The summed E-state index contributed by atoms with van der Waals surface area (Å²) in [5.74, 6) is 0.520. The van der Waals surface area contributed by atoms with Crippen molar-refractivity contribution in [2.75, 3.05) is 50.7 Å². The molecule has 7 heteroatoms. The Bertz CT molecular complexity index is 1010. The molecule has 2 aromatic carbocycles. The van der Waals surface area contributed by atoms with Crippen molar-refractivity contribution in [3.63, 3.8) is 0 Å². The van der Waals surface area contributed by atoms with Crippen molar-refractivity contribution in [3.8, 4) is 5.75 Å². The van der Waals surface area contributed by atoms with Crippen molar-refractivity contribution < 1.29 is 19.1 Å². The molecule has 0 aliphatic carbocycles. The highest BCUT2D eigenvalue weighted by Crippen LogP contribution is 2.32. The van der Waals surface area contributed by atoms with Crippen LogP contribution in [0.25, 0.3) is 5.57 Å². The van der Waals surface area contributed by atoms with Crippen LogP contribution in [0.5, 0.6) is 5.75 Å². The third-order valence-corrected chi connectivity index (χ3v) is 5.42. The Balaban J connectivity index is 1.89. The molecule has 0 aromatic heterocycles. The van der Waals surface area contributed by atoms with Crippen molar-refractivity contribution >= 4 is 28.8 Å². The van der Waals surface area contributed by atoms with Gasteiger partial charge in [-0.1, -0.05) is 26.0 Å². The van der Waals surface area contributed by atoms with Gasteiger partial charge in [-0.05, 0) is 61.2 Å². The number of anilines is 2. The quantitative estimate of drug-likeness (QED) is 0.370. The monoisotopic (exact) mass is 465 g/mol. The summed E-state index contributed by atoms with van der Waals surface area (Å²) in [7, 11) is 3.94. The summed E-state index contributed by atoms with van der Waals surface area (Å²) in [6.07, 6.45) is 0.589. The van der Waals surface area contributed by atoms with E-state index in [-0.39, 0.29) is 17.5 Å². The van der Waals surface area contributed by atoms with E-state index in [0.717, 1.165) is 17.1 Å². The number of hydrogen-bond donors (Lipinski definition) is 1. The van der Waals surface area contributed by atoms with Crippen LogP contribution in [0.15, 0.2) is 54.2 Å². The minimum absolute atomic E-state index is 0.287. The van der Waals surface area contributed by atoms with E-state index in [1.807, 2.05) is 74.4 Å². The molecule has 0 spiro atoms. The first-order valence-corrected chi connectivity index (χ1v) is 11.8. The van der Waals surface area contributed by atoms with E-state index >= 15 is 0 Å². The van der Waals surface area contributed by atoms with Crippen LogP contribution in [0, 0.1) is 5.92 Å². The first-order chi connectivity index (χ1) is 16.3. The second-order valence-corrected chi connectivity index (χ2v) is 8.86. The summed E-state index contributed by atoms with van der Waals surface area (Å²) in [5.41, 5.74) is 3.12. The first kappa shape index (κ1) is 25.3. The van der Waals surface area contributed by atoms with Crippen LogP contribution in [-0.2, 0) is 14.3 Å². The molecular formula is C27H35N3O4. The molecule has 0 saturated heterocycles. The maximum absolute atomic E-state index is 13.4. The van der Waals surface area contributed by atoms with Gasteiger partial charge in [0.15, 0.2) is 0 Å². The number of benzene rings is 2. The van der Waals surface area contributed by atoms with E-state index in [4.69, 9.17) is 9.47 Å². The van der Waals surface area contributed by atoms with Gasteiger partial charge < -0.3 is 19.7 Å². The van der Waals surface area contributed by atoms with Gasteiger partial charge in [0, 0.05) is 45.2 Å². The fourth-order valence-corrected chi connectivity index (χ4v) is 3.60. The van der Waals surface area contributed by atoms with Gasteiger partial charge in [-0.3, -0.25) is 14.5 Å². The average Bonchev–Trinajstić information content (AvgIpc) is 3.05. The van der Waals surface area contributed by atoms with Crippen LogP contribution in [0.1, 0.15) is 32.8 Å². The second-order valence-electron chi connectivity index (χ2n) is 8.86. The number of carbonyl (C=O) groups excluding carboxylic acids is 2. The number of imide groups is 1. The molecule has 2 amide bonds. The Labute approximate surface area is 202 Å². The maximum Gasteiger partial charge on any atom is 0.278 e. The number of rotatable bonds is 12. The van der Waals surface area contributed by atoms with Gasteiger partial charge in [-0.15, -0.1) is 0 Å². The molecular weight excluding hydrogens is 430 g/mol. The zero-order valence-corrected chi connectivity index (χ0v) is 20.8. The van der Waals surface area contributed by atoms with Crippen LogP contribution in [0.2, 0.25) is 0 Å². The Morgan fingerprint density at radius 2 is 1.65 bits per heavy atom. The maximum atomic E-state index is 13.4. The highest BCUT2D eigenvalue weighted by molar-refractivity contribution is 6.36. The lowest BCUT2D eigenvalue weighted by atomic mass is 10.0. The molecule has 2 aromatic rings. The predicted octanol–water partition coefficient (Wildman–Crippen LogP) is 4.41. The molecule has 0 unspecified atom stereocenters. The molecule has 3 rings (SSSR count). The van der Waals surface area contributed by atoms with Gasteiger partial charge in [-0.25, -0.2) is 0 Å². The molecule has 0 bridgehead atoms. The zero-order valence-electron chi connectivity index (χ0n) is 20.8. The molecule has 7 nitrogen and oxygen atoms in total. The van der Waals surface area contributed by atoms with Gasteiger partial charge in [0.2, 0.25) is 0 Å². The number of carbonyl (C=O) groups is 2. The number of ether oxygens (including phenoxy) is 2. The van der Waals surface area contributed by atoms with E-state index in [1.165, 1.54) is 4.90 Å². The van der Waals surface area contributed by atoms with Crippen LogP contribution in [0.4, 0.5) is 11.4 Å². The van der Waals surface area contributed by atoms with E-state index in [0.29, 0.717) is 49.8 Å². The minimum atomic E-state index is -0.326. The Hall–Kier alpha value is -3.32. The summed E-state index contributed by atoms with van der Waals surface area (Å²) >= 11 is 0. The highest BCUT2D eigenvalue weighted by Gasteiger charge is 2.38. The van der Waals surface area contributed by atoms with Crippen molar-refractivity contribution in [3.05, 3.63) is 59.8 Å². The van der Waals surface area contributed by atoms with Gasteiger partial charge >= 0.3 is 0 Å². The lowest BCUT2D eigenvalue weighted by Crippen LogP contribution is -2.34. The van der Waals surface area contributed by atoms with Crippen LogP contribution in [-0.4, -0.2) is 57.2 Å². The number of amides is 2. The molecule has 1 aliphatic rings. The molecule has 1 heterocycles. The molecule has 0 atom stereocenters. The molecule has 0 radical (unpaired) electrons. The molecule has 182 valence electrons. The lowest BCUT2D eigenvalue weighted by molar-refractivity contribution is -0.137. The summed E-state index contributed by atoms with van der Waals surface area (Å²) in [4.78, 5) is 30.0. The smallest absolute Gasteiger partial charge is 0.278 e. The molecule has 1 aliphatic heterocycles. The summed E-state index contributed by atoms with van der Waals surface area (Å²) in [6, 6.07) is 15.1. The fourth-order valence-electron chi connectivity index (χ4n) is 3.60. The van der Waals surface area contributed by atoms with Gasteiger partial charge in [0.1, 0.15) is 11.4 Å². The third-order valence-electron chi connectivity index (χ3n) is 5.42. The summed E-state index contributed by atoms with van der Waals surface area (Å²) in [5, 5.41) is 3.21. The minimum Gasteiger partial charge on any atom is -0.493 e. The zero-order chi connectivity index (χ0) is 24.7. The second kappa shape index (κ2) is 11.7. The van der Waals surface area contributed by atoms with Gasteiger partial charge in [-0.2, -0.15) is 0 Å². The third kappa shape index (κ3) is 6.17. The van der Waals surface area contributed by atoms with Crippen molar-refractivity contribution in [2.24, 2.45) is 5.92 Å². The lowest BCUT2D eigenvalue weighted by Gasteiger charge is -2.16. The van der Waals surface area contributed by atoms with Crippen molar-refractivity contribution in [2.45, 2.75) is 27.2 Å².